The molecule has 1 N–H and O–H groups in total. The molecule has 1 aromatic heterocycles. The molecule has 112 valence electrons. The van der Waals surface area contributed by atoms with Crippen molar-refractivity contribution in [2.24, 2.45) is 5.92 Å². The highest BCUT2D eigenvalue weighted by Crippen LogP contribution is 2.28. The number of pyridine rings is 1. The molecule has 0 amide bonds. The highest BCUT2D eigenvalue weighted by Gasteiger charge is 2.19. The molecule has 0 spiro atoms. The summed E-state index contributed by atoms with van der Waals surface area (Å²) in [5.74, 6) is 0.897. The van der Waals surface area contributed by atoms with Crippen molar-refractivity contribution in [2.45, 2.75) is 52.0 Å². The third kappa shape index (κ3) is 3.95. The Hall–Kier alpha value is -1.09. The molecule has 1 atom stereocenters. The van der Waals surface area contributed by atoms with Crippen molar-refractivity contribution >= 4 is 5.69 Å². The predicted octanol–water partition coefficient (Wildman–Crippen LogP) is 3.77. The maximum absolute atomic E-state index is 4.67. The van der Waals surface area contributed by atoms with Crippen LogP contribution in [0.3, 0.4) is 0 Å². The molecule has 1 heterocycles. The van der Waals surface area contributed by atoms with Crippen molar-refractivity contribution in [3.63, 3.8) is 0 Å². The molecule has 0 aliphatic heterocycles. The average Bonchev–Trinajstić information content (AvgIpc) is 2.44. The van der Waals surface area contributed by atoms with E-state index in [1.807, 2.05) is 6.20 Å². The van der Waals surface area contributed by atoms with E-state index in [-0.39, 0.29) is 0 Å². The number of nitrogens with one attached hydrogen (secondary N) is 1. The fourth-order valence-electron chi connectivity index (χ4n) is 2.77. The number of aromatic nitrogens is 1. The topological polar surface area (TPSA) is 28.2 Å². The van der Waals surface area contributed by atoms with Crippen LogP contribution in [0.2, 0.25) is 0 Å². The Labute approximate surface area is 123 Å². The van der Waals surface area contributed by atoms with Gasteiger partial charge >= 0.3 is 0 Å². The zero-order valence-corrected chi connectivity index (χ0v) is 13.2. The van der Waals surface area contributed by atoms with E-state index in [0.717, 1.165) is 18.9 Å². The Kier molecular flexibility index (Phi) is 5.84. The molecule has 1 aromatic rings. The van der Waals surface area contributed by atoms with Gasteiger partial charge in [-0.15, -0.1) is 0 Å². The maximum atomic E-state index is 4.67. The second kappa shape index (κ2) is 7.63. The van der Waals surface area contributed by atoms with Crippen LogP contribution in [0, 0.1) is 5.92 Å². The molecule has 0 radical (unpaired) electrons. The van der Waals surface area contributed by atoms with E-state index < -0.39 is 0 Å². The summed E-state index contributed by atoms with van der Waals surface area (Å²) in [5, 5.41) is 3.56. The lowest BCUT2D eigenvalue weighted by molar-refractivity contribution is 0.321. The van der Waals surface area contributed by atoms with Gasteiger partial charge in [-0.3, -0.25) is 4.98 Å². The van der Waals surface area contributed by atoms with Crippen LogP contribution >= 0.6 is 0 Å². The molecular weight excluding hydrogens is 246 g/mol. The quantitative estimate of drug-likeness (QED) is 0.783. The van der Waals surface area contributed by atoms with Crippen molar-refractivity contribution in [1.82, 2.24) is 10.3 Å². The molecule has 20 heavy (non-hydrogen) atoms. The third-order valence-electron chi connectivity index (χ3n) is 4.37. The summed E-state index contributed by atoms with van der Waals surface area (Å²) in [5.41, 5.74) is 2.41. The van der Waals surface area contributed by atoms with Gasteiger partial charge in [0.2, 0.25) is 0 Å². The largest absolute Gasteiger partial charge is 0.373 e. The second-order valence-corrected chi connectivity index (χ2v) is 6.03. The molecule has 1 aliphatic carbocycles. The van der Waals surface area contributed by atoms with Gasteiger partial charge in [-0.05, 0) is 50.3 Å². The van der Waals surface area contributed by atoms with Gasteiger partial charge in [0.15, 0.2) is 0 Å². The minimum Gasteiger partial charge on any atom is -0.373 e. The first-order valence-corrected chi connectivity index (χ1v) is 8.15. The SMILES string of the molecule is CCCNC(CC)c1ccc(N(C)CC2CCC2)cn1. The van der Waals surface area contributed by atoms with E-state index in [9.17, 15) is 0 Å². The first-order chi connectivity index (χ1) is 9.74. The number of nitrogens with zero attached hydrogens (tertiary/aromatic N) is 2. The van der Waals surface area contributed by atoms with Crippen LogP contribution in [0.1, 0.15) is 57.7 Å². The van der Waals surface area contributed by atoms with Crippen LogP contribution in [-0.4, -0.2) is 25.1 Å². The summed E-state index contributed by atoms with van der Waals surface area (Å²) in [6.45, 7) is 6.65. The van der Waals surface area contributed by atoms with Crippen LogP contribution in [0.5, 0.6) is 0 Å². The average molecular weight is 275 g/mol. The smallest absolute Gasteiger partial charge is 0.0574 e. The van der Waals surface area contributed by atoms with E-state index in [4.69, 9.17) is 0 Å². The van der Waals surface area contributed by atoms with Crippen molar-refractivity contribution in [1.29, 1.82) is 0 Å². The fourth-order valence-corrected chi connectivity index (χ4v) is 2.77. The van der Waals surface area contributed by atoms with Crippen molar-refractivity contribution in [3.8, 4) is 0 Å². The standard InChI is InChI=1S/C17H29N3/c1-4-11-18-16(5-2)17-10-9-15(12-19-17)20(3)13-14-7-6-8-14/h9-10,12,14,16,18H,4-8,11,13H2,1-3H3. The zero-order chi connectivity index (χ0) is 14.4. The van der Waals surface area contributed by atoms with E-state index in [1.54, 1.807) is 0 Å². The number of rotatable bonds is 8. The molecule has 3 nitrogen and oxygen atoms in total. The highest BCUT2D eigenvalue weighted by atomic mass is 15.1. The lowest BCUT2D eigenvalue weighted by atomic mass is 9.85. The van der Waals surface area contributed by atoms with E-state index in [0.29, 0.717) is 6.04 Å². The second-order valence-electron chi connectivity index (χ2n) is 6.03. The molecule has 1 fully saturated rings. The van der Waals surface area contributed by atoms with Crippen molar-refractivity contribution in [2.75, 3.05) is 25.0 Å². The number of hydrogen-bond acceptors (Lipinski definition) is 3. The summed E-state index contributed by atoms with van der Waals surface area (Å²) < 4.78 is 0. The summed E-state index contributed by atoms with van der Waals surface area (Å²) in [6.07, 6.45) is 8.49. The molecule has 2 rings (SSSR count). The van der Waals surface area contributed by atoms with Crippen LogP contribution in [0.15, 0.2) is 18.3 Å². The lowest BCUT2D eigenvalue weighted by Crippen LogP contribution is -2.29. The molecule has 1 unspecified atom stereocenters. The first-order valence-electron chi connectivity index (χ1n) is 8.15. The van der Waals surface area contributed by atoms with Gasteiger partial charge in [0.25, 0.3) is 0 Å². The third-order valence-corrected chi connectivity index (χ3v) is 4.37. The maximum Gasteiger partial charge on any atom is 0.0574 e. The summed E-state index contributed by atoms with van der Waals surface area (Å²) in [7, 11) is 2.18. The minimum atomic E-state index is 0.390. The molecule has 0 saturated heterocycles. The van der Waals surface area contributed by atoms with Crippen LogP contribution in [0.4, 0.5) is 5.69 Å². The summed E-state index contributed by atoms with van der Waals surface area (Å²) in [4.78, 5) is 7.02. The Balaban J connectivity index is 1.93. The molecule has 3 heteroatoms. The normalized spacial score (nSPS) is 16.8. The van der Waals surface area contributed by atoms with Crippen LogP contribution < -0.4 is 10.2 Å². The Bertz CT molecular complexity index is 384. The van der Waals surface area contributed by atoms with Crippen LogP contribution in [0.25, 0.3) is 0 Å². The van der Waals surface area contributed by atoms with Gasteiger partial charge in [-0.2, -0.15) is 0 Å². The monoisotopic (exact) mass is 275 g/mol. The van der Waals surface area contributed by atoms with Gasteiger partial charge in [0, 0.05) is 19.6 Å². The van der Waals surface area contributed by atoms with Gasteiger partial charge in [-0.25, -0.2) is 0 Å². The Morgan fingerprint density at radius 3 is 2.65 bits per heavy atom. The molecule has 0 aromatic carbocycles. The highest BCUT2D eigenvalue weighted by molar-refractivity contribution is 5.44. The molecule has 1 saturated carbocycles. The fraction of sp³-hybridized carbons (Fsp3) is 0.706. The van der Waals surface area contributed by atoms with Crippen LogP contribution in [-0.2, 0) is 0 Å². The zero-order valence-electron chi connectivity index (χ0n) is 13.2. The number of hydrogen-bond donors (Lipinski definition) is 1. The molecular formula is C17H29N3. The summed E-state index contributed by atoms with van der Waals surface area (Å²) >= 11 is 0. The number of anilines is 1. The molecule has 0 bridgehead atoms. The van der Waals surface area contributed by atoms with E-state index >= 15 is 0 Å². The minimum absolute atomic E-state index is 0.390. The molecule has 1 aliphatic rings. The van der Waals surface area contributed by atoms with Crippen molar-refractivity contribution < 1.29 is 0 Å². The van der Waals surface area contributed by atoms with Gasteiger partial charge in [-0.1, -0.05) is 20.3 Å². The van der Waals surface area contributed by atoms with Gasteiger partial charge < -0.3 is 10.2 Å². The van der Waals surface area contributed by atoms with Crippen molar-refractivity contribution in [3.05, 3.63) is 24.0 Å². The Morgan fingerprint density at radius 1 is 1.35 bits per heavy atom. The first kappa shape index (κ1) is 15.3. The van der Waals surface area contributed by atoms with Gasteiger partial charge in [0.1, 0.15) is 0 Å². The van der Waals surface area contributed by atoms with E-state index in [2.05, 4.69) is 48.2 Å². The summed E-state index contributed by atoms with van der Waals surface area (Å²) in [6, 6.07) is 4.79. The van der Waals surface area contributed by atoms with Gasteiger partial charge in [0.05, 0.1) is 17.6 Å². The predicted molar refractivity (Wildman–Crippen MR) is 86.2 cm³/mol. The Morgan fingerprint density at radius 2 is 2.15 bits per heavy atom. The van der Waals surface area contributed by atoms with E-state index in [1.165, 1.54) is 43.6 Å². The lowest BCUT2D eigenvalue weighted by Gasteiger charge is -2.31.